The van der Waals surface area contributed by atoms with E-state index in [1.54, 1.807) is 0 Å². The second-order valence-corrected chi connectivity index (χ2v) is 15.3. The van der Waals surface area contributed by atoms with Crippen LogP contribution in [0.1, 0.15) is 89.2 Å². The van der Waals surface area contributed by atoms with Crippen molar-refractivity contribution in [1.82, 2.24) is 15.5 Å². The van der Waals surface area contributed by atoms with Crippen molar-refractivity contribution in [3.63, 3.8) is 0 Å². The molecule has 2 aromatic carbocycles. The van der Waals surface area contributed by atoms with E-state index >= 15 is 0 Å². The van der Waals surface area contributed by atoms with Crippen LogP contribution in [0.3, 0.4) is 0 Å². The topological polar surface area (TPSA) is 185 Å². The number of nitrogens with two attached hydrogens (primary N) is 2. The number of hydrogen-bond donors (Lipinski definition) is 5. The van der Waals surface area contributed by atoms with Crippen molar-refractivity contribution in [1.29, 1.82) is 0 Å². The summed E-state index contributed by atoms with van der Waals surface area (Å²) < 4.78 is 0. The van der Waals surface area contributed by atoms with Crippen molar-refractivity contribution in [3.05, 3.63) is 71.8 Å². The molecule has 6 unspecified atom stereocenters. The molecule has 4 rings (SSSR count). The average molecular weight is 718 g/mol. The minimum atomic E-state index is -0.886. The van der Waals surface area contributed by atoms with Crippen molar-refractivity contribution < 1.29 is 29.1 Å². The van der Waals surface area contributed by atoms with Crippen molar-refractivity contribution >= 4 is 29.4 Å². The highest BCUT2D eigenvalue weighted by Crippen LogP contribution is 2.40. The monoisotopic (exact) mass is 717 g/mol. The first-order valence-corrected chi connectivity index (χ1v) is 19.1. The third-order valence-electron chi connectivity index (χ3n) is 10.6. The van der Waals surface area contributed by atoms with E-state index in [2.05, 4.69) is 15.5 Å². The zero-order valence-electron chi connectivity index (χ0n) is 30.9. The standard InChI is InChI=1S/C41H59N5O6/c1-27(2)19-31(25-38(48)36(23-29-13-7-4-8-14-29)45-41(52)34(43)22-28-11-5-3-6-12-28)40(51)44-35(15-9-10-18-42)37(47)24-30-20-32-16-17-33(21-30)46(32)26-39(49)50/h3-8,11-14,27,30-36H,9-10,15-26,42-43H2,1-2H3,(H,44,51)(H,45,52)(H,49,50). The molecule has 2 bridgehead atoms. The highest BCUT2D eigenvalue weighted by Gasteiger charge is 2.42. The van der Waals surface area contributed by atoms with Crippen LogP contribution >= 0.6 is 0 Å². The lowest BCUT2D eigenvalue weighted by Crippen LogP contribution is -2.51. The van der Waals surface area contributed by atoms with Gasteiger partial charge in [-0.25, -0.2) is 0 Å². The third-order valence-corrected chi connectivity index (χ3v) is 10.6. The molecule has 7 N–H and O–H groups in total. The summed E-state index contributed by atoms with van der Waals surface area (Å²) in [4.78, 5) is 68.7. The van der Waals surface area contributed by atoms with Crippen molar-refractivity contribution in [2.45, 2.75) is 121 Å². The van der Waals surface area contributed by atoms with E-state index in [1.165, 1.54) is 0 Å². The van der Waals surface area contributed by atoms with Gasteiger partial charge in [0.05, 0.1) is 24.7 Å². The van der Waals surface area contributed by atoms with Gasteiger partial charge < -0.3 is 27.2 Å². The van der Waals surface area contributed by atoms with Crippen LogP contribution in [-0.2, 0) is 36.8 Å². The highest BCUT2D eigenvalue weighted by atomic mass is 16.4. The molecule has 2 aliphatic heterocycles. The molecule has 2 aliphatic rings. The number of amides is 2. The lowest BCUT2D eigenvalue weighted by atomic mass is 9.84. The van der Waals surface area contributed by atoms with Gasteiger partial charge in [-0.3, -0.25) is 28.9 Å². The first kappa shape index (κ1) is 40.8. The number of Topliss-reactive ketones (excluding diaryl/α,β-unsaturated/α-hetero) is 2. The average Bonchev–Trinajstić information content (AvgIpc) is 3.32. The zero-order valence-corrected chi connectivity index (χ0v) is 30.9. The van der Waals surface area contributed by atoms with E-state index in [0.717, 1.165) is 43.2 Å². The Morgan fingerprint density at radius 3 is 1.94 bits per heavy atom. The fraction of sp³-hybridized carbons (Fsp3) is 0.585. The Morgan fingerprint density at radius 1 is 0.808 bits per heavy atom. The van der Waals surface area contributed by atoms with Gasteiger partial charge in [-0.15, -0.1) is 0 Å². The number of rotatable bonds is 22. The molecule has 0 aliphatic carbocycles. The van der Waals surface area contributed by atoms with Gasteiger partial charge in [0.15, 0.2) is 11.6 Å². The van der Waals surface area contributed by atoms with Gasteiger partial charge in [-0.05, 0) is 93.7 Å². The van der Waals surface area contributed by atoms with Gasteiger partial charge in [-0.1, -0.05) is 74.5 Å². The molecule has 2 amide bonds. The summed E-state index contributed by atoms with van der Waals surface area (Å²) in [7, 11) is 0. The van der Waals surface area contributed by atoms with Gasteiger partial charge >= 0.3 is 5.97 Å². The smallest absolute Gasteiger partial charge is 0.317 e. The zero-order chi connectivity index (χ0) is 37.6. The number of aliphatic carboxylic acids is 1. The van der Waals surface area contributed by atoms with Gasteiger partial charge in [0.2, 0.25) is 11.8 Å². The lowest BCUT2D eigenvalue weighted by Gasteiger charge is -2.38. The van der Waals surface area contributed by atoms with Crippen LogP contribution < -0.4 is 22.1 Å². The maximum Gasteiger partial charge on any atom is 0.317 e. The maximum absolute atomic E-state index is 14.1. The molecule has 11 heteroatoms. The Kier molecular flexibility index (Phi) is 16.0. The van der Waals surface area contributed by atoms with Crippen LogP contribution in [0.15, 0.2) is 60.7 Å². The van der Waals surface area contributed by atoms with Gasteiger partial charge in [-0.2, -0.15) is 0 Å². The summed E-state index contributed by atoms with van der Waals surface area (Å²) in [5.74, 6) is -2.36. The molecule has 2 fully saturated rings. The lowest BCUT2D eigenvalue weighted by molar-refractivity contribution is -0.140. The minimum absolute atomic E-state index is 0.0279. The summed E-state index contributed by atoms with van der Waals surface area (Å²) >= 11 is 0. The van der Waals surface area contributed by atoms with Crippen LogP contribution in [0.5, 0.6) is 0 Å². The largest absolute Gasteiger partial charge is 0.480 e. The van der Waals surface area contributed by atoms with Crippen LogP contribution in [0.4, 0.5) is 0 Å². The van der Waals surface area contributed by atoms with E-state index in [9.17, 15) is 29.1 Å². The summed E-state index contributed by atoms with van der Waals surface area (Å²) in [5, 5.41) is 15.3. The summed E-state index contributed by atoms with van der Waals surface area (Å²) in [6.07, 6.45) is 6.52. The number of benzene rings is 2. The van der Waals surface area contributed by atoms with E-state index in [4.69, 9.17) is 11.5 Å². The predicted molar refractivity (Wildman–Crippen MR) is 201 cm³/mol. The first-order chi connectivity index (χ1) is 24.9. The normalized spacial score (nSPS) is 20.8. The second-order valence-electron chi connectivity index (χ2n) is 15.3. The molecule has 2 saturated heterocycles. The fourth-order valence-corrected chi connectivity index (χ4v) is 8.06. The number of carbonyl (C=O) groups excluding carboxylic acids is 4. The van der Waals surface area contributed by atoms with Gasteiger partial charge in [0.1, 0.15) is 0 Å². The molecule has 6 atom stereocenters. The second kappa shape index (κ2) is 20.3. The fourth-order valence-electron chi connectivity index (χ4n) is 8.06. The minimum Gasteiger partial charge on any atom is -0.480 e. The number of carboxylic acids is 1. The van der Waals surface area contributed by atoms with Crippen molar-refractivity contribution in [2.24, 2.45) is 29.2 Å². The molecule has 0 radical (unpaired) electrons. The number of carboxylic acid groups (broad SMARTS) is 1. The molecule has 0 spiro atoms. The SMILES string of the molecule is CC(C)CC(CC(=O)C(Cc1ccccc1)NC(=O)C(N)Cc1ccccc1)C(=O)NC(CCCCN)C(=O)CC1CC2CCC(C1)N2CC(=O)O. The molecular formula is C41H59N5O6. The number of carbonyl (C=O) groups is 5. The van der Waals surface area contributed by atoms with Crippen LogP contribution in [0.2, 0.25) is 0 Å². The Bertz CT molecular complexity index is 1460. The summed E-state index contributed by atoms with van der Waals surface area (Å²) in [6.45, 7) is 4.49. The maximum atomic E-state index is 14.1. The molecule has 284 valence electrons. The molecular weight excluding hydrogens is 658 g/mol. The number of nitrogens with zero attached hydrogens (tertiary/aromatic N) is 1. The molecule has 0 aromatic heterocycles. The number of ketones is 2. The molecule has 2 aromatic rings. The molecule has 52 heavy (non-hydrogen) atoms. The Balaban J connectivity index is 1.45. The van der Waals surface area contributed by atoms with Crippen LogP contribution in [0, 0.1) is 17.8 Å². The van der Waals surface area contributed by atoms with Crippen molar-refractivity contribution in [2.75, 3.05) is 13.1 Å². The molecule has 2 heterocycles. The summed E-state index contributed by atoms with van der Waals surface area (Å²) in [5.41, 5.74) is 13.8. The Labute approximate surface area is 308 Å². The Hall–Kier alpha value is -3.93. The number of piperidine rings is 1. The van der Waals surface area contributed by atoms with Crippen molar-refractivity contribution in [3.8, 4) is 0 Å². The molecule has 11 nitrogen and oxygen atoms in total. The van der Waals surface area contributed by atoms with Crippen LogP contribution in [0.25, 0.3) is 0 Å². The van der Waals surface area contributed by atoms with E-state index < -0.39 is 35.9 Å². The quantitative estimate of drug-likeness (QED) is 0.113. The predicted octanol–water partition coefficient (Wildman–Crippen LogP) is 3.81. The molecule has 0 saturated carbocycles. The number of nitrogens with one attached hydrogen (secondary N) is 2. The number of fused-ring (bicyclic) bond motifs is 2. The number of hydrogen-bond acceptors (Lipinski definition) is 8. The van der Waals surface area contributed by atoms with E-state index in [0.29, 0.717) is 38.6 Å². The number of unbranched alkanes of at least 4 members (excludes halogenated alkanes) is 1. The van der Waals surface area contributed by atoms with Gasteiger partial charge in [0, 0.05) is 30.8 Å². The van der Waals surface area contributed by atoms with E-state index in [-0.39, 0.29) is 60.8 Å². The highest BCUT2D eigenvalue weighted by molar-refractivity contribution is 5.95. The Morgan fingerprint density at radius 2 is 1.38 bits per heavy atom. The van der Waals surface area contributed by atoms with E-state index in [1.807, 2.05) is 74.5 Å². The summed E-state index contributed by atoms with van der Waals surface area (Å²) in [6, 6.07) is 16.8. The van der Waals surface area contributed by atoms with Gasteiger partial charge in [0.25, 0.3) is 0 Å². The van der Waals surface area contributed by atoms with Crippen LogP contribution in [-0.4, -0.2) is 82.7 Å². The first-order valence-electron chi connectivity index (χ1n) is 19.1. The third kappa shape index (κ3) is 12.6.